The zero-order valence-corrected chi connectivity index (χ0v) is 11.8. The van der Waals surface area contributed by atoms with E-state index in [1.54, 1.807) is 0 Å². The number of halogens is 4. The Kier molecular flexibility index (Phi) is 3.10. The summed E-state index contributed by atoms with van der Waals surface area (Å²) in [7, 11) is 0. The lowest BCUT2D eigenvalue weighted by molar-refractivity contribution is -0.352. The van der Waals surface area contributed by atoms with E-state index >= 15 is 0 Å². The van der Waals surface area contributed by atoms with Crippen molar-refractivity contribution in [1.82, 2.24) is 10.2 Å². The van der Waals surface area contributed by atoms with E-state index in [1.165, 1.54) is 0 Å². The van der Waals surface area contributed by atoms with Gasteiger partial charge in [-0.25, -0.2) is 0 Å². The van der Waals surface area contributed by atoms with Crippen LogP contribution in [0.25, 0.3) is 0 Å². The molecule has 21 heavy (non-hydrogen) atoms. The predicted molar refractivity (Wildman–Crippen MR) is 66.9 cm³/mol. The van der Waals surface area contributed by atoms with Gasteiger partial charge in [0.25, 0.3) is 0 Å². The molecule has 9 heteroatoms. The van der Waals surface area contributed by atoms with Crippen molar-refractivity contribution in [2.24, 2.45) is 5.73 Å². The zero-order chi connectivity index (χ0) is 14.2. The third-order valence-corrected chi connectivity index (χ3v) is 4.71. The standard InChI is InChI=1S/C12H14F3N3O2.ClH/c13-12(14,15)20-7-1-6(2-7)8-17-18-9(19-8)10-3-11(16,4-10)5-10;/h6-7H,1-5,16H2;1H. The van der Waals surface area contributed by atoms with Gasteiger partial charge in [0.1, 0.15) is 0 Å². The molecule has 0 atom stereocenters. The highest BCUT2D eigenvalue weighted by molar-refractivity contribution is 5.85. The van der Waals surface area contributed by atoms with Crippen LogP contribution in [0.5, 0.6) is 0 Å². The molecule has 5 rings (SSSR count). The third kappa shape index (κ3) is 2.33. The van der Waals surface area contributed by atoms with Crippen molar-refractivity contribution >= 4 is 12.4 Å². The molecule has 2 N–H and O–H groups in total. The molecule has 0 spiro atoms. The van der Waals surface area contributed by atoms with E-state index in [1.807, 2.05) is 0 Å². The fourth-order valence-electron chi connectivity index (χ4n) is 3.76. The van der Waals surface area contributed by atoms with Gasteiger partial charge in [-0.15, -0.1) is 35.8 Å². The maximum Gasteiger partial charge on any atom is 0.522 e. The molecule has 0 aromatic carbocycles. The van der Waals surface area contributed by atoms with Gasteiger partial charge in [-0.05, 0) is 32.1 Å². The highest BCUT2D eigenvalue weighted by Crippen LogP contribution is 2.66. The Bertz CT molecular complexity index is 536. The molecule has 1 aromatic heterocycles. The van der Waals surface area contributed by atoms with Crippen LogP contribution in [0.15, 0.2) is 4.42 Å². The highest BCUT2D eigenvalue weighted by atomic mass is 35.5. The van der Waals surface area contributed by atoms with Crippen molar-refractivity contribution in [1.29, 1.82) is 0 Å². The van der Waals surface area contributed by atoms with Crippen LogP contribution in [-0.4, -0.2) is 28.2 Å². The summed E-state index contributed by atoms with van der Waals surface area (Å²) in [5, 5.41) is 8.02. The predicted octanol–water partition coefficient (Wildman–Crippen LogP) is 2.41. The molecular weight excluding hydrogens is 311 g/mol. The second-order valence-electron chi connectivity index (χ2n) is 6.47. The summed E-state index contributed by atoms with van der Waals surface area (Å²) in [5.74, 6) is 0.903. The quantitative estimate of drug-likeness (QED) is 0.923. The maximum absolute atomic E-state index is 12.0. The van der Waals surface area contributed by atoms with Crippen LogP contribution in [0.1, 0.15) is 49.8 Å². The minimum Gasteiger partial charge on any atom is -0.424 e. The first-order valence-electron chi connectivity index (χ1n) is 6.64. The van der Waals surface area contributed by atoms with Crippen molar-refractivity contribution in [2.45, 2.75) is 61.4 Å². The molecule has 118 valence electrons. The Morgan fingerprint density at radius 1 is 1.19 bits per heavy atom. The number of nitrogens with two attached hydrogens (primary N) is 1. The number of hydrogen-bond acceptors (Lipinski definition) is 5. The number of nitrogens with zero attached hydrogens (tertiary/aromatic N) is 2. The van der Waals surface area contributed by atoms with Gasteiger partial charge < -0.3 is 10.2 Å². The van der Waals surface area contributed by atoms with Crippen LogP contribution in [0.2, 0.25) is 0 Å². The lowest BCUT2D eigenvalue weighted by Crippen LogP contribution is -2.74. The van der Waals surface area contributed by atoms with E-state index in [0.717, 1.165) is 19.3 Å². The van der Waals surface area contributed by atoms with Crippen LogP contribution >= 0.6 is 12.4 Å². The molecule has 4 aliphatic rings. The molecule has 0 radical (unpaired) electrons. The van der Waals surface area contributed by atoms with Gasteiger partial charge >= 0.3 is 6.36 Å². The third-order valence-electron chi connectivity index (χ3n) is 4.71. The van der Waals surface area contributed by atoms with Crippen molar-refractivity contribution in [3.05, 3.63) is 11.8 Å². The number of aromatic nitrogens is 2. The van der Waals surface area contributed by atoms with Gasteiger partial charge in [0, 0.05) is 11.5 Å². The lowest BCUT2D eigenvalue weighted by Gasteiger charge is -2.66. The van der Waals surface area contributed by atoms with E-state index in [0.29, 0.717) is 11.8 Å². The topological polar surface area (TPSA) is 74.2 Å². The zero-order valence-electron chi connectivity index (χ0n) is 11.0. The molecule has 5 nitrogen and oxygen atoms in total. The maximum atomic E-state index is 12.0. The summed E-state index contributed by atoms with van der Waals surface area (Å²) in [4.78, 5) is 0. The summed E-state index contributed by atoms with van der Waals surface area (Å²) in [6.07, 6.45) is -2.22. The molecule has 1 heterocycles. The molecule has 1 aromatic rings. The van der Waals surface area contributed by atoms with Crippen LogP contribution in [-0.2, 0) is 10.2 Å². The van der Waals surface area contributed by atoms with E-state index in [4.69, 9.17) is 10.2 Å². The Hall–Kier alpha value is -0.860. The van der Waals surface area contributed by atoms with Crippen molar-refractivity contribution in [2.75, 3.05) is 0 Å². The second-order valence-corrected chi connectivity index (χ2v) is 6.47. The summed E-state index contributed by atoms with van der Waals surface area (Å²) >= 11 is 0. The fourth-order valence-corrected chi connectivity index (χ4v) is 3.76. The molecule has 2 bridgehead atoms. The van der Waals surface area contributed by atoms with Gasteiger partial charge in [-0.3, -0.25) is 4.74 Å². The average molecular weight is 326 g/mol. The minimum absolute atomic E-state index is 0. The molecular formula is C12H15ClF3N3O2. The van der Waals surface area contributed by atoms with Crippen molar-refractivity contribution in [3.63, 3.8) is 0 Å². The van der Waals surface area contributed by atoms with E-state index < -0.39 is 12.5 Å². The lowest BCUT2D eigenvalue weighted by atomic mass is 9.40. The number of hydrogen-bond donors (Lipinski definition) is 1. The van der Waals surface area contributed by atoms with Crippen LogP contribution in [0.4, 0.5) is 13.2 Å². The van der Waals surface area contributed by atoms with E-state index in [-0.39, 0.29) is 42.1 Å². The SMILES string of the molecule is Cl.NC12CC(c3nnc(C4CC(OC(F)(F)F)C4)o3)(C1)C2. The number of ether oxygens (including phenoxy) is 1. The normalized spacial score (nSPS) is 40.6. The smallest absolute Gasteiger partial charge is 0.424 e. The van der Waals surface area contributed by atoms with E-state index in [9.17, 15) is 13.2 Å². The van der Waals surface area contributed by atoms with Crippen molar-refractivity contribution in [3.8, 4) is 0 Å². The molecule has 0 amide bonds. The average Bonchev–Trinajstić information content (AvgIpc) is 2.64. The first kappa shape index (κ1) is 15.1. The summed E-state index contributed by atoms with van der Waals surface area (Å²) in [5.41, 5.74) is 5.88. The molecule has 4 aliphatic carbocycles. The largest absolute Gasteiger partial charge is 0.522 e. The Morgan fingerprint density at radius 2 is 1.81 bits per heavy atom. The van der Waals surface area contributed by atoms with Crippen LogP contribution in [0.3, 0.4) is 0 Å². The molecule has 0 aliphatic heterocycles. The van der Waals surface area contributed by atoms with Gasteiger partial charge in [-0.2, -0.15) is 0 Å². The molecule has 0 saturated heterocycles. The van der Waals surface area contributed by atoms with Gasteiger partial charge in [0.15, 0.2) is 0 Å². The van der Waals surface area contributed by atoms with Crippen LogP contribution < -0.4 is 5.73 Å². The molecule has 4 fully saturated rings. The van der Waals surface area contributed by atoms with Gasteiger partial charge in [0.2, 0.25) is 11.8 Å². The Labute approximate surface area is 124 Å². The second kappa shape index (κ2) is 4.33. The van der Waals surface area contributed by atoms with Gasteiger partial charge in [-0.1, -0.05) is 0 Å². The molecule has 4 saturated carbocycles. The van der Waals surface area contributed by atoms with Crippen molar-refractivity contribution < 1.29 is 22.3 Å². The Balaban J connectivity index is 0.00000132. The summed E-state index contributed by atoms with van der Waals surface area (Å²) in [6, 6.07) is 0. The minimum atomic E-state index is -4.57. The number of alkyl halides is 3. The first-order chi connectivity index (χ1) is 9.27. The highest BCUT2D eigenvalue weighted by Gasteiger charge is 2.69. The Morgan fingerprint density at radius 3 is 2.33 bits per heavy atom. The molecule has 0 unspecified atom stereocenters. The van der Waals surface area contributed by atoms with Gasteiger partial charge in [0.05, 0.1) is 11.5 Å². The summed E-state index contributed by atoms with van der Waals surface area (Å²) in [6.45, 7) is 0. The van der Waals surface area contributed by atoms with Crippen LogP contribution in [0, 0.1) is 0 Å². The fraction of sp³-hybridized carbons (Fsp3) is 0.833. The summed E-state index contributed by atoms with van der Waals surface area (Å²) < 4.78 is 45.7. The monoisotopic (exact) mass is 325 g/mol. The number of rotatable bonds is 3. The van der Waals surface area contributed by atoms with E-state index in [2.05, 4.69) is 14.9 Å². The first-order valence-corrected chi connectivity index (χ1v) is 6.64.